The number of carbonyl (C=O) groups excluding carboxylic acids is 2. The number of primary amides is 1. The molecule has 26 heavy (non-hydrogen) atoms. The summed E-state index contributed by atoms with van der Waals surface area (Å²) in [7, 11) is 1.40. The summed E-state index contributed by atoms with van der Waals surface area (Å²) in [6, 6.07) is 12.2. The monoisotopic (exact) mass is 378 g/mol. The average molecular weight is 379 g/mol. The van der Waals surface area contributed by atoms with E-state index in [1.807, 2.05) is 30.3 Å². The largest absolute Gasteiger partial charge is 0.493 e. The highest BCUT2D eigenvalue weighted by Crippen LogP contribution is 2.36. The van der Waals surface area contributed by atoms with Crippen molar-refractivity contribution in [2.24, 2.45) is 5.73 Å². The number of ether oxygens (including phenoxy) is 3. The second-order valence-electron chi connectivity index (χ2n) is 5.16. The van der Waals surface area contributed by atoms with E-state index < -0.39 is 5.91 Å². The van der Waals surface area contributed by atoms with Gasteiger partial charge in [0.2, 0.25) is 0 Å². The Hall–Kier alpha value is -2.93. The highest BCUT2D eigenvalue weighted by atomic mass is 35.5. The van der Waals surface area contributed by atoms with E-state index in [9.17, 15) is 9.59 Å². The Morgan fingerprint density at radius 2 is 1.88 bits per heavy atom. The Balaban J connectivity index is 1.95. The maximum Gasteiger partial charge on any atom is 0.255 e. The lowest BCUT2D eigenvalue weighted by Crippen LogP contribution is -2.28. The predicted octanol–water partition coefficient (Wildman–Crippen LogP) is 2.02. The predicted molar refractivity (Wildman–Crippen MR) is 97.0 cm³/mol. The highest BCUT2D eigenvalue weighted by molar-refractivity contribution is 6.32. The number of hydrogen-bond donors (Lipinski definition) is 2. The maximum atomic E-state index is 12.3. The second-order valence-corrected chi connectivity index (χ2v) is 5.57. The molecule has 0 aliphatic heterocycles. The number of rotatable bonds is 9. The van der Waals surface area contributed by atoms with E-state index in [0.29, 0.717) is 13.2 Å². The summed E-state index contributed by atoms with van der Waals surface area (Å²) in [6.45, 7) is 0.284. The van der Waals surface area contributed by atoms with Gasteiger partial charge in [-0.2, -0.15) is 0 Å². The fourth-order valence-electron chi connectivity index (χ4n) is 2.09. The third-order valence-electron chi connectivity index (χ3n) is 3.25. The Labute approximate surface area is 156 Å². The summed E-state index contributed by atoms with van der Waals surface area (Å²) in [5.41, 5.74) is 5.34. The van der Waals surface area contributed by atoms with Crippen molar-refractivity contribution in [3.05, 3.63) is 53.1 Å². The van der Waals surface area contributed by atoms with Crippen LogP contribution in [0.5, 0.6) is 17.2 Å². The van der Waals surface area contributed by atoms with Gasteiger partial charge in [-0.15, -0.1) is 0 Å². The minimum Gasteiger partial charge on any atom is -0.493 e. The number of methoxy groups -OCH3 is 1. The first-order valence-corrected chi connectivity index (χ1v) is 8.13. The molecule has 0 heterocycles. The van der Waals surface area contributed by atoms with E-state index in [4.69, 9.17) is 31.5 Å². The van der Waals surface area contributed by atoms with E-state index in [0.717, 1.165) is 5.75 Å². The molecule has 0 bridgehead atoms. The molecule has 3 N–H and O–H groups in total. The van der Waals surface area contributed by atoms with E-state index in [1.54, 1.807) is 0 Å². The minimum absolute atomic E-state index is 0.135. The zero-order chi connectivity index (χ0) is 18.9. The number of amides is 2. The molecule has 0 aromatic heterocycles. The summed E-state index contributed by atoms with van der Waals surface area (Å²) in [4.78, 5) is 23.1. The fraction of sp³-hybridized carbons (Fsp3) is 0.222. The van der Waals surface area contributed by atoms with Crippen molar-refractivity contribution in [2.45, 2.75) is 0 Å². The Bertz CT molecular complexity index is 768. The summed E-state index contributed by atoms with van der Waals surface area (Å²) in [5.74, 6) is 0.107. The van der Waals surface area contributed by atoms with Crippen LogP contribution in [0.25, 0.3) is 0 Å². The normalized spacial score (nSPS) is 10.1. The van der Waals surface area contributed by atoms with Crippen molar-refractivity contribution in [1.82, 2.24) is 5.32 Å². The van der Waals surface area contributed by atoms with Crippen LogP contribution in [0.4, 0.5) is 0 Å². The van der Waals surface area contributed by atoms with Crippen LogP contribution in [0.1, 0.15) is 10.4 Å². The minimum atomic E-state index is -0.650. The first-order chi connectivity index (χ1) is 12.5. The molecule has 2 aromatic carbocycles. The number of halogens is 1. The molecule has 0 spiro atoms. The van der Waals surface area contributed by atoms with Crippen molar-refractivity contribution in [3.8, 4) is 17.2 Å². The molecule has 0 saturated heterocycles. The van der Waals surface area contributed by atoms with Gasteiger partial charge >= 0.3 is 0 Å². The van der Waals surface area contributed by atoms with Crippen LogP contribution in [0.2, 0.25) is 5.02 Å². The SMILES string of the molecule is COc1cc(C(=O)NCCOc2ccccc2)cc(Cl)c1OCC(N)=O. The Morgan fingerprint density at radius 3 is 2.54 bits per heavy atom. The summed E-state index contributed by atoms with van der Waals surface area (Å²) < 4.78 is 15.9. The number of nitrogens with two attached hydrogens (primary N) is 1. The molecule has 0 atom stereocenters. The van der Waals surface area contributed by atoms with Crippen LogP contribution in [-0.4, -0.2) is 38.7 Å². The first-order valence-electron chi connectivity index (χ1n) is 7.76. The molecule has 2 rings (SSSR count). The van der Waals surface area contributed by atoms with Gasteiger partial charge in [0, 0.05) is 5.56 Å². The van der Waals surface area contributed by atoms with Crippen molar-refractivity contribution in [3.63, 3.8) is 0 Å². The second kappa shape index (κ2) is 9.53. The van der Waals surface area contributed by atoms with Crippen LogP contribution >= 0.6 is 11.6 Å². The van der Waals surface area contributed by atoms with Gasteiger partial charge in [0.25, 0.3) is 11.8 Å². The van der Waals surface area contributed by atoms with E-state index in [1.165, 1.54) is 19.2 Å². The van der Waals surface area contributed by atoms with E-state index in [2.05, 4.69) is 5.32 Å². The molecule has 2 aromatic rings. The summed E-state index contributed by atoms with van der Waals surface area (Å²) in [5, 5.41) is 2.86. The molecule has 7 nitrogen and oxygen atoms in total. The third-order valence-corrected chi connectivity index (χ3v) is 3.53. The molecule has 0 aliphatic carbocycles. The van der Waals surface area contributed by atoms with Crippen LogP contribution in [-0.2, 0) is 4.79 Å². The molecular formula is C18H19ClN2O5. The molecule has 138 valence electrons. The van der Waals surface area contributed by atoms with Crippen LogP contribution in [0.3, 0.4) is 0 Å². The lowest BCUT2D eigenvalue weighted by molar-refractivity contribution is -0.119. The first kappa shape index (κ1) is 19.4. The number of hydrogen-bond acceptors (Lipinski definition) is 5. The van der Waals surface area contributed by atoms with Gasteiger partial charge in [-0.25, -0.2) is 0 Å². The van der Waals surface area contributed by atoms with Gasteiger partial charge in [-0.3, -0.25) is 9.59 Å². The molecule has 0 radical (unpaired) electrons. The fourth-order valence-corrected chi connectivity index (χ4v) is 2.35. The Kier molecular flexibility index (Phi) is 7.11. The molecule has 0 unspecified atom stereocenters. The molecule has 2 amide bonds. The van der Waals surface area contributed by atoms with Gasteiger partial charge in [0.05, 0.1) is 18.7 Å². The van der Waals surface area contributed by atoms with Gasteiger partial charge in [-0.1, -0.05) is 29.8 Å². The van der Waals surface area contributed by atoms with Crippen LogP contribution < -0.4 is 25.3 Å². The molecule has 0 saturated carbocycles. The standard InChI is InChI=1S/C18H19ClN2O5/c1-24-15-10-12(9-14(19)17(15)26-11-16(20)22)18(23)21-7-8-25-13-5-3-2-4-6-13/h2-6,9-10H,7-8,11H2,1H3,(H2,20,22)(H,21,23). The van der Waals surface area contributed by atoms with Crippen molar-refractivity contribution < 1.29 is 23.8 Å². The zero-order valence-electron chi connectivity index (χ0n) is 14.2. The van der Waals surface area contributed by atoms with Gasteiger partial charge < -0.3 is 25.3 Å². The van der Waals surface area contributed by atoms with Gasteiger partial charge in [0.15, 0.2) is 18.1 Å². The quantitative estimate of drug-likeness (QED) is 0.650. The summed E-state index contributed by atoms with van der Waals surface area (Å²) >= 11 is 6.12. The topological polar surface area (TPSA) is 99.9 Å². The third kappa shape index (κ3) is 5.56. The number of nitrogens with one attached hydrogen (secondary N) is 1. The van der Waals surface area contributed by atoms with Crippen LogP contribution in [0.15, 0.2) is 42.5 Å². The number of para-hydroxylation sites is 1. The van der Waals surface area contributed by atoms with Crippen LogP contribution in [0, 0.1) is 0 Å². The molecule has 0 aliphatic rings. The number of carbonyl (C=O) groups is 2. The van der Waals surface area contributed by atoms with Crippen molar-refractivity contribution in [1.29, 1.82) is 0 Å². The van der Waals surface area contributed by atoms with Crippen molar-refractivity contribution >= 4 is 23.4 Å². The average Bonchev–Trinajstić information content (AvgIpc) is 2.64. The molecule has 8 heteroatoms. The summed E-state index contributed by atoms with van der Waals surface area (Å²) in [6.07, 6.45) is 0. The van der Waals surface area contributed by atoms with E-state index in [-0.39, 0.29) is 34.6 Å². The lowest BCUT2D eigenvalue weighted by Gasteiger charge is -2.13. The Morgan fingerprint density at radius 1 is 1.15 bits per heavy atom. The zero-order valence-corrected chi connectivity index (χ0v) is 14.9. The van der Waals surface area contributed by atoms with E-state index >= 15 is 0 Å². The molecule has 0 fully saturated rings. The van der Waals surface area contributed by atoms with Crippen molar-refractivity contribution in [2.75, 3.05) is 26.9 Å². The molecular weight excluding hydrogens is 360 g/mol. The van der Waals surface area contributed by atoms with Gasteiger partial charge in [-0.05, 0) is 24.3 Å². The highest BCUT2D eigenvalue weighted by Gasteiger charge is 2.16. The smallest absolute Gasteiger partial charge is 0.255 e. The van der Waals surface area contributed by atoms with Gasteiger partial charge in [0.1, 0.15) is 12.4 Å². The number of benzene rings is 2. The maximum absolute atomic E-state index is 12.3. The lowest BCUT2D eigenvalue weighted by atomic mass is 10.2.